The standard InChI is InChI=1S/C20H11F6NO5S/c21-19(22,23)10-3-9(4-11(6-10)20(24,25)26)8-1-2-12-13(5-8)33-18(32)15(16(12)30)17(31)27-7-14(28)29/h1-6,30H,7H2,(H,27,31)(H,28,29). The summed E-state index contributed by atoms with van der Waals surface area (Å²) in [6, 6.07) is 4.37. The van der Waals surface area contributed by atoms with E-state index in [4.69, 9.17) is 5.11 Å². The lowest BCUT2D eigenvalue weighted by Gasteiger charge is -2.15. The zero-order chi connectivity index (χ0) is 24.7. The number of carboxylic acid groups (broad SMARTS) is 1. The molecule has 1 aromatic heterocycles. The van der Waals surface area contributed by atoms with Gasteiger partial charge in [-0.2, -0.15) is 26.3 Å². The summed E-state index contributed by atoms with van der Waals surface area (Å²) in [5.74, 6) is -3.36. The Hall–Kier alpha value is -3.61. The minimum absolute atomic E-state index is 0.0171. The van der Waals surface area contributed by atoms with E-state index in [0.717, 1.165) is 18.2 Å². The van der Waals surface area contributed by atoms with Gasteiger partial charge in [-0.3, -0.25) is 14.4 Å². The van der Waals surface area contributed by atoms with Gasteiger partial charge in [0.2, 0.25) is 4.74 Å². The van der Waals surface area contributed by atoms with Crippen molar-refractivity contribution in [3.63, 3.8) is 0 Å². The summed E-state index contributed by atoms with van der Waals surface area (Å²) < 4.78 is 77.8. The van der Waals surface area contributed by atoms with Gasteiger partial charge in [-0.25, -0.2) is 0 Å². The summed E-state index contributed by atoms with van der Waals surface area (Å²) in [5, 5.41) is 20.8. The first-order valence-electron chi connectivity index (χ1n) is 8.78. The molecule has 0 aliphatic carbocycles. The van der Waals surface area contributed by atoms with E-state index in [-0.39, 0.29) is 21.7 Å². The molecule has 0 aliphatic heterocycles. The number of aromatic hydroxyl groups is 1. The molecule has 1 heterocycles. The summed E-state index contributed by atoms with van der Waals surface area (Å²) in [5.41, 5.74) is -4.30. The number of rotatable bonds is 4. The number of carbonyl (C=O) groups is 2. The van der Waals surface area contributed by atoms with Gasteiger partial charge in [0.1, 0.15) is 17.9 Å². The Kier molecular flexibility index (Phi) is 6.11. The summed E-state index contributed by atoms with van der Waals surface area (Å²) in [6.07, 6.45) is -10.1. The number of hydrogen-bond acceptors (Lipinski definition) is 5. The van der Waals surface area contributed by atoms with E-state index in [2.05, 4.69) is 0 Å². The highest BCUT2D eigenvalue weighted by Crippen LogP contribution is 2.40. The van der Waals surface area contributed by atoms with Crippen LogP contribution < -0.4 is 10.1 Å². The molecular formula is C20H11F6NO5S. The maximum atomic E-state index is 13.1. The molecule has 3 N–H and O–H groups in total. The van der Waals surface area contributed by atoms with Crippen LogP contribution in [-0.4, -0.2) is 28.6 Å². The first-order valence-corrected chi connectivity index (χ1v) is 9.60. The molecule has 0 aliphatic rings. The van der Waals surface area contributed by atoms with Crippen LogP contribution in [0.5, 0.6) is 5.75 Å². The van der Waals surface area contributed by atoms with Crippen molar-refractivity contribution in [1.29, 1.82) is 0 Å². The fourth-order valence-electron chi connectivity index (χ4n) is 2.93. The number of benzene rings is 2. The van der Waals surface area contributed by atoms with Crippen LogP contribution in [0.3, 0.4) is 0 Å². The largest absolute Gasteiger partial charge is 0.506 e. The van der Waals surface area contributed by atoms with Crippen LogP contribution in [-0.2, 0) is 17.1 Å². The Morgan fingerprint density at radius 3 is 2.00 bits per heavy atom. The summed E-state index contributed by atoms with van der Waals surface area (Å²) in [4.78, 5) is 34.9. The van der Waals surface area contributed by atoms with Crippen molar-refractivity contribution < 1.29 is 46.1 Å². The average Bonchev–Trinajstić information content (AvgIpc) is 2.70. The van der Waals surface area contributed by atoms with Crippen LogP contribution in [0, 0.1) is 0 Å². The molecule has 0 fully saturated rings. The maximum absolute atomic E-state index is 13.1. The number of aliphatic carboxylic acids is 1. The van der Waals surface area contributed by atoms with E-state index < -0.39 is 63.5 Å². The Balaban J connectivity index is 2.15. The fraction of sp³-hybridized carbons (Fsp3) is 0.150. The van der Waals surface area contributed by atoms with Crippen LogP contribution in [0.2, 0.25) is 0 Å². The van der Waals surface area contributed by atoms with E-state index in [0.29, 0.717) is 23.5 Å². The van der Waals surface area contributed by atoms with Gasteiger partial charge in [0.15, 0.2) is 0 Å². The molecule has 6 nitrogen and oxygen atoms in total. The SMILES string of the molecule is O=C(O)CNC(=O)c1c(O)c2ccc(-c3cc(C(F)(F)F)cc(C(F)(F)F)c3)cc2sc1=O. The molecule has 3 aromatic rings. The normalized spacial score (nSPS) is 12.1. The molecule has 0 bridgehead atoms. The number of amides is 1. The zero-order valence-electron chi connectivity index (χ0n) is 16.0. The van der Waals surface area contributed by atoms with Gasteiger partial charge in [-0.05, 0) is 41.5 Å². The minimum Gasteiger partial charge on any atom is -0.506 e. The fourth-order valence-corrected chi connectivity index (χ4v) is 3.88. The average molecular weight is 491 g/mol. The van der Waals surface area contributed by atoms with Crippen molar-refractivity contribution in [1.82, 2.24) is 5.32 Å². The number of halogens is 6. The molecule has 0 saturated heterocycles. The molecule has 1 amide bonds. The smallest absolute Gasteiger partial charge is 0.416 e. The summed E-state index contributed by atoms with van der Waals surface area (Å²) in [6.45, 7) is -0.823. The van der Waals surface area contributed by atoms with Gasteiger partial charge >= 0.3 is 18.3 Å². The van der Waals surface area contributed by atoms with E-state index in [1.807, 2.05) is 5.32 Å². The number of carboxylic acids is 1. The van der Waals surface area contributed by atoms with Crippen molar-refractivity contribution in [3.8, 4) is 16.9 Å². The number of hydrogen-bond donors (Lipinski definition) is 3. The Morgan fingerprint density at radius 1 is 0.909 bits per heavy atom. The predicted molar refractivity (Wildman–Crippen MR) is 105 cm³/mol. The lowest BCUT2D eigenvalue weighted by atomic mass is 9.98. The first kappa shape index (κ1) is 24.0. The lowest BCUT2D eigenvalue weighted by molar-refractivity contribution is -0.143. The number of fused-ring (bicyclic) bond motifs is 1. The zero-order valence-corrected chi connectivity index (χ0v) is 16.8. The number of carbonyl (C=O) groups excluding carboxylic acids is 1. The molecule has 13 heteroatoms. The summed E-state index contributed by atoms with van der Waals surface area (Å²) >= 11 is 0.405. The molecule has 2 aromatic carbocycles. The Bertz CT molecular complexity index is 1300. The minimum atomic E-state index is -5.05. The van der Waals surface area contributed by atoms with Gasteiger partial charge in [-0.1, -0.05) is 17.4 Å². The molecule has 33 heavy (non-hydrogen) atoms. The van der Waals surface area contributed by atoms with Gasteiger partial charge < -0.3 is 15.5 Å². The van der Waals surface area contributed by atoms with Gasteiger partial charge in [0.05, 0.1) is 11.1 Å². The quantitative estimate of drug-likeness (QED) is 0.467. The predicted octanol–water partition coefficient (Wildman–Crippen LogP) is 4.49. The van der Waals surface area contributed by atoms with Crippen molar-refractivity contribution in [2.45, 2.75) is 12.4 Å². The van der Waals surface area contributed by atoms with Crippen molar-refractivity contribution >= 4 is 33.3 Å². The number of nitrogens with one attached hydrogen (secondary N) is 1. The highest BCUT2D eigenvalue weighted by atomic mass is 32.1. The van der Waals surface area contributed by atoms with Crippen LogP contribution in [0.1, 0.15) is 21.5 Å². The summed E-state index contributed by atoms with van der Waals surface area (Å²) in [7, 11) is 0. The van der Waals surface area contributed by atoms with E-state index in [1.54, 1.807) is 0 Å². The third-order valence-electron chi connectivity index (χ3n) is 4.43. The second-order valence-electron chi connectivity index (χ2n) is 6.70. The van der Waals surface area contributed by atoms with E-state index in [9.17, 15) is 45.8 Å². The Morgan fingerprint density at radius 2 is 1.48 bits per heavy atom. The third-order valence-corrected chi connectivity index (χ3v) is 5.38. The highest BCUT2D eigenvalue weighted by molar-refractivity contribution is 7.16. The highest BCUT2D eigenvalue weighted by Gasteiger charge is 2.37. The molecule has 0 saturated carbocycles. The van der Waals surface area contributed by atoms with Crippen LogP contribution in [0.25, 0.3) is 21.2 Å². The molecule has 174 valence electrons. The first-order chi connectivity index (χ1) is 15.2. The molecule has 3 rings (SSSR count). The van der Waals surface area contributed by atoms with Crippen LogP contribution in [0.15, 0.2) is 41.2 Å². The molecule has 0 radical (unpaired) electrons. The second kappa shape index (κ2) is 8.39. The lowest BCUT2D eigenvalue weighted by Crippen LogP contribution is -2.32. The van der Waals surface area contributed by atoms with Crippen molar-refractivity contribution in [2.75, 3.05) is 6.54 Å². The Labute approximate surface area is 183 Å². The maximum Gasteiger partial charge on any atom is 0.416 e. The molecule has 0 spiro atoms. The third kappa shape index (κ3) is 5.08. The molecule has 0 unspecified atom stereocenters. The number of alkyl halides is 6. The van der Waals surface area contributed by atoms with Gasteiger partial charge in [-0.15, -0.1) is 0 Å². The molecule has 0 atom stereocenters. The van der Waals surface area contributed by atoms with Crippen molar-refractivity contribution in [2.24, 2.45) is 0 Å². The van der Waals surface area contributed by atoms with Gasteiger partial charge in [0.25, 0.3) is 5.91 Å². The van der Waals surface area contributed by atoms with E-state index in [1.165, 1.54) is 0 Å². The van der Waals surface area contributed by atoms with E-state index >= 15 is 0 Å². The topological polar surface area (TPSA) is 104 Å². The monoisotopic (exact) mass is 491 g/mol. The second-order valence-corrected chi connectivity index (χ2v) is 7.71. The molecular weight excluding hydrogens is 480 g/mol. The van der Waals surface area contributed by atoms with Crippen molar-refractivity contribution in [3.05, 3.63) is 62.6 Å². The van der Waals surface area contributed by atoms with Gasteiger partial charge in [0, 0.05) is 10.1 Å². The van der Waals surface area contributed by atoms with Crippen LogP contribution in [0.4, 0.5) is 26.3 Å². The van der Waals surface area contributed by atoms with Crippen LogP contribution >= 0.6 is 11.3 Å².